The quantitative estimate of drug-likeness (QED) is 0.0396. The van der Waals surface area contributed by atoms with Crippen LogP contribution in [0, 0.1) is 16.7 Å². The number of carbonyl (C=O) groups is 8. The maximum atomic E-state index is 13.2. The van der Waals surface area contributed by atoms with Gasteiger partial charge in [-0.25, -0.2) is 0 Å². The third kappa shape index (κ3) is 38.1. The van der Waals surface area contributed by atoms with Gasteiger partial charge in [-0.3, -0.25) is 58.0 Å². The van der Waals surface area contributed by atoms with E-state index in [0.29, 0.717) is 64.6 Å². The summed E-state index contributed by atoms with van der Waals surface area (Å²) in [5.74, 6) is -5.02. The number of nitrogens with one attached hydrogen (secondary N) is 4. The van der Waals surface area contributed by atoms with E-state index in [1.54, 1.807) is 26.7 Å². The number of hydrogen-bond donors (Lipinski definition) is 8. The summed E-state index contributed by atoms with van der Waals surface area (Å²) in [6, 6.07) is -1.90. The molecule has 2 unspecified atom stereocenters. The Hall–Kier alpha value is -4.60. The van der Waals surface area contributed by atoms with E-state index in [9.17, 15) is 58.8 Å². The molecule has 1 rings (SSSR count). The molecule has 1 saturated heterocycles. The Morgan fingerprint density at radius 3 is 1.47 bits per heavy atom. The molecule has 0 spiro atoms. The van der Waals surface area contributed by atoms with Gasteiger partial charge in [-0.05, 0) is 38.0 Å². The second kappa shape index (κ2) is 41.4. The van der Waals surface area contributed by atoms with Crippen LogP contribution < -0.4 is 21.3 Å². The van der Waals surface area contributed by atoms with Crippen LogP contribution >= 0.6 is 0 Å². The van der Waals surface area contributed by atoms with E-state index < -0.39 is 41.9 Å². The summed E-state index contributed by atoms with van der Waals surface area (Å²) in [5, 5.41) is 50.0. The Morgan fingerprint density at radius 1 is 0.487 bits per heavy atom. The molecule has 1 aliphatic heterocycles. The Bertz CT molecular complexity index is 1730. The zero-order valence-electron chi connectivity index (χ0n) is 48.0. The maximum absolute atomic E-state index is 13.2. The Balaban J connectivity index is 2.54. The van der Waals surface area contributed by atoms with E-state index in [-0.39, 0.29) is 166 Å². The molecule has 1 heterocycles. The lowest BCUT2D eigenvalue weighted by Crippen LogP contribution is -2.52. The molecule has 25 nitrogen and oxygen atoms in total. The summed E-state index contributed by atoms with van der Waals surface area (Å²) in [7, 11) is 1.67. The second-order valence-corrected chi connectivity index (χ2v) is 22.0. The highest BCUT2D eigenvalue weighted by Gasteiger charge is 2.29. The van der Waals surface area contributed by atoms with Gasteiger partial charge in [0.05, 0.1) is 79.1 Å². The Kier molecular flexibility index (Phi) is 37.9. The van der Waals surface area contributed by atoms with Gasteiger partial charge in [0.1, 0.15) is 12.1 Å². The normalized spacial score (nSPS) is 15.6. The predicted octanol–water partition coefficient (Wildman–Crippen LogP) is 1.07. The first-order chi connectivity index (χ1) is 36.9. The van der Waals surface area contributed by atoms with E-state index in [1.165, 1.54) is 0 Å². The molecule has 0 aromatic heterocycles. The highest BCUT2D eigenvalue weighted by Crippen LogP contribution is 2.21. The highest BCUT2D eigenvalue weighted by atomic mass is 16.5. The van der Waals surface area contributed by atoms with Crippen LogP contribution in [0.3, 0.4) is 0 Å². The zero-order chi connectivity index (χ0) is 58.4. The third-order valence-corrected chi connectivity index (χ3v) is 12.6. The van der Waals surface area contributed by atoms with Gasteiger partial charge in [-0.15, -0.1) is 0 Å². The second-order valence-electron chi connectivity index (χ2n) is 22.0. The van der Waals surface area contributed by atoms with Crippen LogP contribution in [-0.2, 0) is 62.0 Å². The van der Waals surface area contributed by atoms with E-state index in [1.807, 2.05) is 0 Å². The average molecular weight is 1120 g/mol. The number of carbonyl (C=O) groups excluding carboxylic acids is 4. The molecule has 0 radical (unpaired) electrons. The fourth-order valence-corrected chi connectivity index (χ4v) is 8.44. The van der Waals surface area contributed by atoms with Crippen molar-refractivity contribution in [1.82, 2.24) is 40.9 Å². The van der Waals surface area contributed by atoms with Gasteiger partial charge in [0.2, 0.25) is 23.6 Å². The monoisotopic (exact) mass is 1120 g/mol. The van der Waals surface area contributed by atoms with Crippen LogP contribution in [0.4, 0.5) is 0 Å². The molecule has 8 N–H and O–H groups in total. The smallest absolute Gasteiger partial charge is 0.320 e. The number of aliphatic carboxylic acids is 4. The van der Waals surface area contributed by atoms with Crippen molar-refractivity contribution in [3.8, 4) is 0 Å². The first-order valence-corrected chi connectivity index (χ1v) is 27.6. The van der Waals surface area contributed by atoms with E-state index in [0.717, 1.165) is 19.3 Å². The molecule has 78 heavy (non-hydrogen) atoms. The minimum atomic E-state index is -1.20. The van der Waals surface area contributed by atoms with Crippen molar-refractivity contribution in [2.24, 2.45) is 16.7 Å². The van der Waals surface area contributed by atoms with Crippen LogP contribution in [0.2, 0.25) is 0 Å². The summed E-state index contributed by atoms with van der Waals surface area (Å²) in [4.78, 5) is 105. The van der Waals surface area contributed by atoms with Gasteiger partial charge in [0.15, 0.2) is 0 Å². The fourth-order valence-electron chi connectivity index (χ4n) is 8.44. The van der Waals surface area contributed by atoms with Crippen molar-refractivity contribution in [3.63, 3.8) is 0 Å². The molecule has 4 amide bonds. The third-order valence-electron chi connectivity index (χ3n) is 12.6. The van der Waals surface area contributed by atoms with Gasteiger partial charge >= 0.3 is 23.9 Å². The van der Waals surface area contributed by atoms with E-state index >= 15 is 0 Å². The van der Waals surface area contributed by atoms with Crippen molar-refractivity contribution in [2.75, 3.05) is 158 Å². The van der Waals surface area contributed by atoms with Crippen molar-refractivity contribution < 1.29 is 82.5 Å². The Labute approximate surface area is 462 Å². The van der Waals surface area contributed by atoms with Crippen molar-refractivity contribution >= 4 is 47.5 Å². The number of ether oxygens (including phenoxy) is 5. The number of carboxylic acid groups (broad SMARTS) is 4. The van der Waals surface area contributed by atoms with E-state index in [2.05, 4.69) is 62.8 Å². The summed E-state index contributed by atoms with van der Waals surface area (Å²) >= 11 is 0. The van der Waals surface area contributed by atoms with Crippen molar-refractivity contribution in [3.05, 3.63) is 0 Å². The maximum Gasteiger partial charge on any atom is 0.320 e. The zero-order valence-corrected chi connectivity index (χ0v) is 48.0. The number of nitrogens with zero attached hydrogens (tertiary/aromatic N) is 4. The van der Waals surface area contributed by atoms with Crippen LogP contribution in [0.15, 0.2) is 0 Å². The molecule has 1 aliphatic rings. The summed E-state index contributed by atoms with van der Waals surface area (Å²) < 4.78 is 28.2. The largest absolute Gasteiger partial charge is 0.480 e. The summed E-state index contributed by atoms with van der Waals surface area (Å²) in [6.45, 7) is 16.6. The van der Waals surface area contributed by atoms with Crippen LogP contribution in [0.25, 0.3) is 0 Å². The van der Waals surface area contributed by atoms with Gasteiger partial charge in [0, 0.05) is 109 Å². The average Bonchev–Trinajstić information content (AvgIpc) is 3.34. The number of unbranched alkanes of at least 4 members (excludes halogenated alkanes) is 2. The molecule has 0 aromatic rings. The van der Waals surface area contributed by atoms with Crippen molar-refractivity contribution in [2.45, 2.75) is 118 Å². The lowest BCUT2D eigenvalue weighted by atomic mass is 9.94. The van der Waals surface area contributed by atoms with Gasteiger partial charge in [-0.1, -0.05) is 54.4 Å². The molecule has 0 aliphatic carbocycles. The number of amides is 4. The highest BCUT2D eigenvalue weighted by molar-refractivity contribution is 5.87. The van der Waals surface area contributed by atoms with Crippen LogP contribution in [0.5, 0.6) is 0 Å². The fraction of sp³-hybridized carbons (Fsp3) is 0.849. The first-order valence-electron chi connectivity index (χ1n) is 27.6. The van der Waals surface area contributed by atoms with Gasteiger partial charge in [-0.2, -0.15) is 0 Å². The van der Waals surface area contributed by atoms with Crippen LogP contribution in [-0.4, -0.2) is 258 Å². The standard InChI is InChI=1S/C53H98N8O17/c1-41(2)12-8-9-14-46(64)57-42(13-10-11-18-54-45(63)17-29-77-38-53(5,6)40-78-39-52(3,4)37-74-7)50(71)56-20-31-76-33-32-75-30-19-55-44(62)16-15-43(51(72)73)61-27-25-59(35-48(67)68)23-21-58(34-47(65)66)22-24-60(26-28-61)36-49(69)70/h41-43H,8-40H2,1-7H3,(H,54,63)(H,55,62)(H,56,71)(H,57,64)(H,65,66)(H,67,68)(H,69,70)(H,72,73). The van der Waals surface area contributed by atoms with E-state index in [4.69, 9.17) is 23.7 Å². The molecule has 0 saturated carbocycles. The number of hydrogen-bond acceptors (Lipinski definition) is 17. The van der Waals surface area contributed by atoms with Gasteiger partial charge in [0.25, 0.3) is 0 Å². The van der Waals surface area contributed by atoms with Crippen molar-refractivity contribution in [1.29, 1.82) is 0 Å². The molecular formula is C53H98N8O17. The molecule has 2 atom stereocenters. The number of carboxylic acids is 4. The number of methoxy groups -OCH3 is 1. The van der Waals surface area contributed by atoms with Crippen LogP contribution in [0.1, 0.15) is 106 Å². The number of rotatable bonds is 43. The van der Waals surface area contributed by atoms with Gasteiger partial charge < -0.3 is 65.4 Å². The minimum Gasteiger partial charge on any atom is -0.480 e. The lowest BCUT2D eigenvalue weighted by Gasteiger charge is -2.35. The SMILES string of the molecule is COCC(C)(C)COCC(C)(C)COCCC(=O)NCCCCC(NC(=O)CCCCC(C)C)C(=O)NCCOCCOCCNC(=O)CCC(C(=O)O)N1CCN(CC(=O)O)CCN(CC(=O)O)CCN(CC(=O)O)CC1. The minimum absolute atomic E-state index is 0.0778. The molecule has 0 bridgehead atoms. The first kappa shape index (κ1) is 71.4. The molecule has 0 aromatic carbocycles. The molecule has 452 valence electrons. The molecule has 25 heteroatoms. The molecule has 1 fully saturated rings. The predicted molar refractivity (Wildman–Crippen MR) is 290 cm³/mol. The molecular weight excluding hydrogens is 1020 g/mol. The Morgan fingerprint density at radius 2 is 0.962 bits per heavy atom. The summed E-state index contributed by atoms with van der Waals surface area (Å²) in [6.07, 6.45) is 4.54. The lowest BCUT2D eigenvalue weighted by molar-refractivity contribution is -0.145. The topological polar surface area (TPSA) is 325 Å². The summed E-state index contributed by atoms with van der Waals surface area (Å²) in [5.41, 5.74) is -0.312.